The standard InChI is InChI=1S/C14H14ClN5O/c1-8-13(15)9(2)20(19-8)7-12(21)18-14-16-10-5-3-4-6-11(10)17-14/h3-6H,7H2,1-2H3,(H2,16,17,18,21). The van der Waals surface area contributed by atoms with Gasteiger partial charge in [0.05, 0.1) is 27.4 Å². The quantitative estimate of drug-likeness (QED) is 0.781. The number of halogens is 1. The Bertz CT molecular complexity index is 787. The molecule has 0 aliphatic heterocycles. The molecule has 0 atom stereocenters. The first-order chi connectivity index (χ1) is 10.0. The van der Waals surface area contributed by atoms with Crippen LogP contribution in [-0.2, 0) is 11.3 Å². The highest BCUT2D eigenvalue weighted by atomic mass is 35.5. The van der Waals surface area contributed by atoms with Gasteiger partial charge in [0.15, 0.2) is 0 Å². The predicted molar refractivity (Wildman–Crippen MR) is 81.4 cm³/mol. The van der Waals surface area contributed by atoms with Crippen molar-refractivity contribution in [1.82, 2.24) is 19.7 Å². The van der Waals surface area contributed by atoms with E-state index in [0.717, 1.165) is 16.7 Å². The summed E-state index contributed by atoms with van der Waals surface area (Å²) in [5.74, 6) is 0.213. The summed E-state index contributed by atoms with van der Waals surface area (Å²) in [6.45, 7) is 3.73. The smallest absolute Gasteiger partial charge is 0.248 e. The number of hydrogen-bond acceptors (Lipinski definition) is 3. The van der Waals surface area contributed by atoms with Crippen molar-refractivity contribution in [2.75, 3.05) is 5.32 Å². The molecule has 21 heavy (non-hydrogen) atoms. The minimum Gasteiger partial charge on any atom is -0.324 e. The molecule has 2 heterocycles. The average Bonchev–Trinajstić information content (AvgIpc) is 2.95. The minimum atomic E-state index is -0.212. The van der Waals surface area contributed by atoms with E-state index in [9.17, 15) is 4.79 Å². The number of rotatable bonds is 3. The number of nitrogens with zero attached hydrogens (tertiary/aromatic N) is 3. The van der Waals surface area contributed by atoms with Gasteiger partial charge in [-0.25, -0.2) is 4.98 Å². The zero-order chi connectivity index (χ0) is 15.0. The number of aryl methyl sites for hydroxylation is 1. The van der Waals surface area contributed by atoms with E-state index < -0.39 is 0 Å². The number of carbonyl (C=O) groups excluding carboxylic acids is 1. The van der Waals surface area contributed by atoms with E-state index in [0.29, 0.717) is 16.7 Å². The van der Waals surface area contributed by atoms with Crippen LogP contribution in [0.2, 0.25) is 5.02 Å². The van der Waals surface area contributed by atoms with E-state index in [-0.39, 0.29) is 12.5 Å². The number of imidazole rings is 1. The van der Waals surface area contributed by atoms with Gasteiger partial charge in [-0.1, -0.05) is 23.7 Å². The molecule has 0 aliphatic rings. The number of nitrogens with one attached hydrogen (secondary N) is 2. The van der Waals surface area contributed by atoms with Crippen LogP contribution in [0.1, 0.15) is 11.4 Å². The van der Waals surface area contributed by atoms with Gasteiger partial charge in [0.1, 0.15) is 6.54 Å². The van der Waals surface area contributed by atoms with Crippen LogP contribution in [0.25, 0.3) is 11.0 Å². The van der Waals surface area contributed by atoms with Gasteiger partial charge in [-0.2, -0.15) is 5.10 Å². The van der Waals surface area contributed by atoms with Gasteiger partial charge in [-0.05, 0) is 26.0 Å². The van der Waals surface area contributed by atoms with E-state index in [1.807, 2.05) is 38.1 Å². The first-order valence-electron chi connectivity index (χ1n) is 6.48. The summed E-state index contributed by atoms with van der Waals surface area (Å²) in [5.41, 5.74) is 3.17. The van der Waals surface area contributed by atoms with Crippen molar-refractivity contribution >= 4 is 34.5 Å². The number of carbonyl (C=O) groups is 1. The van der Waals surface area contributed by atoms with E-state index in [1.54, 1.807) is 4.68 Å². The molecular weight excluding hydrogens is 290 g/mol. The fourth-order valence-electron chi connectivity index (χ4n) is 2.15. The van der Waals surface area contributed by atoms with Crippen molar-refractivity contribution in [2.45, 2.75) is 20.4 Å². The molecule has 0 unspecified atom stereocenters. The molecule has 3 aromatic rings. The average molecular weight is 304 g/mol. The Labute approximate surface area is 126 Å². The number of hydrogen-bond donors (Lipinski definition) is 2. The molecule has 6 nitrogen and oxygen atoms in total. The first kappa shape index (κ1) is 13.6. The first-order valence-corrected chi connectivity index (χ1v) is 6.86. The highest BCUT2D eigenvalue weighted by Crippen LogP contribution is 2.19. The third-order valence-electron chi connectivity index (χ3n) is 3.23. The molecule has 2 N–H and O–H groups in total. The lowest BCUT2D eigenvalue weighted by molar-refractivity contribution is -0.117. The van der Waals surface area contributed by atoms with Gasteiger partial charge in [0.25, 0.3) is 0 Å². The van der Waals surface area contributed by atoms with E-state index in [4.69, 9.17) is 11.6 Å². The van der Waals surface area contributed by atoms with Gasteiger partial charge >= 0.3 is 0 Å². The Morgan fingerprint density at radius 1 is 1.38 bits per heavy atom. The normalized spacial score (nSPS) is 11.0. The molecule has 0 saturated carbocycles. The third kappa shape index (κ3) is 2.62. The maximum Gasteiger partial charge on any atom is 0.248 e. The second-order valence-electron chi connectivity index (χ2n) is 4.79. The van der Waals surface area contributed by atoms with Crippen molar-refractivity contribution in [1.29, 1.82) is 0 Å². The number of aromatic nitrogens is 4. The Hall–Kier alpha value is -2.34. The molecule has 0 saturated heterocycles. The summed E-state index contributed by atoms with van der Waals surface area (Å²) >= 11 is 6.06. The summed E-state index contributed by atoms with van der Waals surface area (Å²) in [7, 11) is 0. The molecule has 0 spiro atoms. The zero-order valence-corrected chi connectivity index (χ0v) is 12.4. The van der Waals surface area contributed by atoms with Crippen LogP contribution in [-0.4, -0.2) is 25.7 Å². The van der Waals surface area contributed by atoms with Crippen molar-refractivity contribution in [2.24, 2.45) is 0 Å². The molecule has 0 aliphatic carbocycles. The maximum absolute atomic E-state index is 12.1. The lowest BCUT2D eigenvalue weighted by atomic mass is 10.3. The van der Waals surface area contributed by atoms with Gasteiger partial charge in [0.2, 0.25) is 11.9 Å². The van der Waals surface area contributed by atoms with Crippen LogP contribution in [0.15, 0.2) is 24.3 Å². The summed E-state index contributed by atoms with van der Waals surface area (Å²) in [5, 5.41) is 7.54. The summed E-state index contributed by atoms with van der Waals surface area (Å²) < 4.78 is 1.58. The van der Waals surface area contributed by atoms with Crippen LogP contribution < -0.4 is 5.32 Å². The Balaban J connectivity index is 1.75. The highest BCUT2D eigenvalue weighted by Gasteiger charge is 2.13. The lowest BCUT2D eigenvalue weighted by Crippen LogP contribution is -2.20. The summed E-state index contributed by atoms with van der Waals surface area (Å²) in [6, 6.07) is 7.58. The fourth-order valence-corrected chi connectivity index (χ4v) is 2.28. The van der Waals surface area contributed by atoms with Crippen LogP contribution in [0.3, 0.4) is 0 Å². The van der Waals surface area contributed by atoms with Crippen molar-refractivity contribution in [3.8, 4) is 0 Å². The molecule has 108 valence electrons. The van der Waals surface area contributed by atoms with Crippen molar-refractivity contribution < 1.29 is 4.79 Å². The van der Waals surface area contributed by atoms with Crippen LogP contribution in [0.5, 0.6) is 0 Å². The van der Waals surface area contributed by atoms with Crippen molar-refractivity contribution in [3.05, 3.63) is 40.7 Å². The number of H-pyrrole nitrogens is 1. The molecule has 3 rings (SSSR count). The number of anilines is 1. The van der Waals surface area contributed by atoms with Crippen molar-refractivity contribution in [3.63, 3.8) is 0 Å². The van der Waals surface area contributed by atoms with Gasteiger partial charge in [0, 0.05) is 0 Å². The molecule has 1 amide bonds. The lowest BCUT2D eigenvalue weighted by Gasteiger charge is -2.04. The minimum absolute atomic E-state index is 0.0937. The molecule has 1 aromatic carbocycles. The summed E-state index contributed by atoms with van der Waals surface area (Å²) in [4.78, 5) is 19.4. The number of aromatic amines is 1. The van der Waals surface area contributed by atoms with E-state index in [2.05, 4.69) is 20.4 Å². The molecular formula is C14H14ClN5O. The number of amides is 1. The number of fused-ring (bicyclic) bond motifs is 1. The van der Waals surface area contributed by atoms with Gasteiger partial charge in [-0.15, -0.1) is 0 Å². The second kappa shape index (κ2) is 5.21. The molecule has 0 bridgehead atoms. The number of benzene rings is 1. The van der Waals surface area contributed by atoms with Crippen LogP contribution >= 0.6 is 11.6 Å². The molecule has 0 fully saturated rings. The maximum atomic E-state index is 12.1. The predicted octanol–water partition coefficient (Wildman–Crippen LogP) is 2.67. The summed E-state index contributed by atoms with van der Waals surface area (Å²) in [6.07, 6.45) is 0. The van der Waals surface area contributed by atoms with E-state index >= 15 is 0 Å². The number of para-hydroxylation sites is 2. The van der Waals surface area contributed by atoms with Gasteiger partial charge < -0.3 is 4.98 Å². The largest absolute Gasteiger partial charge is 0.324 e. The second-order valence-corrected chi connectivity index (χ2v) is 5.17. The zero-order valence-electron chi connectivity index (χ0n) is 11.6. The SMILES string of the molecule is Cc1nn(CC(=O)Nc2nc3ccccc3[nH]2)c(C)c1Cl. The molecule has 2 aromatic heterocycles. The molecule has 0 radical (unpaired) electrons. The Morgan fingerprint density at radius 2 is 2.14 bits per heavy atom. The fraction of sp³-hybridized carbons (Fsp3) is 0.214. The topological polar surface area (TPSA) is 75.6 Å². The third-order valence-corrected chi connectivity index (χ3v) is 3.78. The van der Waals surface area contributed by atoms with E-state index in [1.165, 1.54) is 0 Å². The highest BCUT2D eigenvalue weighted by molar-refractivity contribution is 6.31. The van der Waals surface area contributed by atoms with Crippen LogP contribution in [0, 0.1) is 13.8 Å². The molecule has 7 heteroatoms. The van der Waals surface area contributed by atoms with Gasteiger partial charge in [-0.3, -0.25) is 14.8 Å². The monoisotopic (exact) mass is 303 g/mol. The Morgan fingerprint density at radius 3 is 2.81 bits per heavy atom. The van der Waals surface area contributed by atoms with Crippen LogP contribution in [0.4, 0.5) is 5.95 Å². The Kier molecular flexibility index (Phi) is 3.39.